The Kier molecular flexibility index (Phi) is 15.5. The molecule has 300 valence electrons. The zero-order valence-corrected chi connectivity index (χ0v) is 31.6. The number of carbonyl (C=O) groups is 7. The fraction of sp³-hybridized carbons (Fsp3) is 0.585. The van der Waals surface area contributed by atoms with Crippen LogP contribution in [0.3, 0.4) is 0 Å². The molecule has 55 heavy (non-hydrogen) atoms. The molecule has 14 heteroatoms. The summed E-state index contributed by atoms with van der Waals surface area (Å²) in [4.78, 5) is 76.4. The molecule has 9 unspecified atom stereocenters. The lowest BCUT2D eigenvalue weighted by atomic mass is 9.93. The van der Waals surface area contributed by atoms with Crippen molar-refractivity contribution >= 4 is 41.7 Å². The van der Waals surface area contributed by atoms with Crippen LogP contribution in [0.2, 0.25) is 0 Å². The zero-order valence-electron chi connectivity index (χ0n) is 31.6. The van der Waals surface area contributed by atoms with Crippen LogP contribution in [0.15, 0.2) is 60.8 Å². The van der Waals surface area contributed by atoms with Gasteiger partial charge in [0, 0.05) is 37.5 Å². The first-order valence-corrected chi connectivity index (χ1v) is 18.9. The Labute approximate surface area is 320 Å². The van der Waals surface area contributed by atoms with Gasteiger partial charge in [-0.05, 0) is 101 Å². The van der Waals surface area contributed by atoms with E-state index < -0.39 is 17.9 Å². The smallest absolute Gasteiger partial charge is 0.338 e. The van der Waals surface area contributed by atoms with Gasteiger partial charge in [-0.1, -0.05) is 36.5 Å². The van der Waals surface area contributed by atoms with Crippen molar-refractivity contribution in [3.05, 3.63) is 60.8 Å². The lowest BCUT2D eigenvalue weighted by molar-refractivity contribution is -0.161. The van der Waals surface area contributed by atoms with Crippen molar-refractivity contribution in [1.82, 2.24) is 4.90 Å². The Morgan fingerprint density at radius 2 is 1.13 bits per heavy atom. The third kappa shape index (κ3) is 12.7. The molecule has 0 aromatic carbocycles. The molecule has 14 nitrogen and oxygen atoms in total. The average molecular weight is 768 g/mol. The summed E-state index contributed by atoms with van der Waals surface area (Å²) in [6.45, 7) is 6.13. The van der Waals surface area contributed by atoms with Crippen molar-refractivity contribution in [3.8, 4) is 0 Å². The highest BCUT2D eigenvalue weighted by Crippen LogP contribution is 2.45. The number of ether oxygens (including phenoxy) is 3. The van der Waals surface area contributed by atoms with Gasteiger partial charge in [-0.15, -0.1) is 0 Å². The number of esters is 4. The largest absolute Gasteiger partial charge is 0.481 e. The minimum atomic E-state index is -0.614. The van der Waals surface area contributed by atoms with E-state index in [2.05, 4.69) is 41.2 Å². The van der Waals surface area contributed by atoms with E-state index in [-0.39, 0.29) is 66.9 Å². The number of aliphatic hydroxyl groups is 2. The summed E-state index contributed by atoms with van der Waals surface area (Å²) in [5, 5.41) is 25.6. The molecule has 9 atom stereocenters. The lowest BCUT2D eigenvalue weighted by Gasteiger charge is -2.24. The second-order valence-electron chi connectivity index (χ2n) is 15.7. The van der Waals surface area contributed by atoms with E-state index in [1.165, 1.54) is 12.2 Å². The topological polar surface area (TPSA) is 211 Å². The Morgan fingerprint density at radius 1 is 0.673 bits per heavy atom. The van der Waals surface area contributed by atoms with Gasteiger partial charge in [0.1, 0.15) is 12.2 Å². The SMILES string of the molecule is CC(C)(C)OC(=O)C1CC2C=CC1C2.O=C(O)C1CC2C=CC1C2.O=C(OCCO)C1CC2C=CC1C2.O=C1C=CC(=O)N1CCCO.O=C1C=CC(=O)O1. The number of aliphatic hydroxyl groups excluding tert-OH is 2. The van der Waals surface area contributed by atoms with Crippen molar-refractivity contribution in [2.24, 2.45) is 53.3 Å². The summed E-state index contributed by atoms with van der Waals surface area (Å²) in [6, 6.07) is 0. The molecule has 3 N–H and O–H groups in total. The second-order valence-corrected chi connectivity index (χ2v) is 15.7. The van der Waals surface area contributed by atoms with Crippen LogP contribution in [0.1, 0.15) is 65.7 Å². The first-order chi connectivity index (χ1) is 26.1. The summed E-state index contributed by atoms with van der Waals surface area (Å²) in [7, 11) is 0. The Morgan fingerprint density at radius 3 is 1.44 bits per heavy atom. The lowest BCUT2D eigenvalue weighted by Crippen LogP contribution is -2.31. The quantitative estimate of drug-likeness (QED) is 0.106. The van der Waals surface area contributed by atoms with E-state index in [0.29, 0.717) is 48.5 Å². The van der Waals surface area contributed by atoms with Crippen molar-refractivity contribution in [2.45, 2.75) is 71.3 Å². The van der Waals surface area contributed by atoms with E-state index in [9.17, 15) is 33.6 Å². The van der Waals surface area contributed by atoms with Gasteiger partial charge in [0.2, 0.25) is 0 Å². The number of hydrogen-bond acceptors (Lipinski definition) is 12. The van der Waals surface area contributed by atoms with Gasteiger partial charge in [0.25, 0.3) is 11.8 Å². The molecule has 8 rings (SSSR count). The van der Waals surface area contributed by atoms with Gasteiger partial charge < -0.3 is 29.5 Å². The maximum absolute atomic E-state index is 11.8. The molecule has 0 radical (unpaired) electrons. The number of amides is 2. The molecular formula is C41H53NO13. The zero-order chi connectivity index (χ0) is 40.3. The van der Waals surface area contributed by atoms with Crippen LogP contribution in [-0.2, 0) is 47.8 Å². The van der Waals surface area contributed by atoms with Crippen LogP contribution in [0.25, 0.3) is 0 Å². The van der Waals surface area contributed by atoms with E-state index in [0.717, 1.165) is 55.6 Å². The Bertz CT molecular complexity index is 1570. The number of carboxylic acid groups (broad SMARTS) is 1. The number of fused-ring (bicyclic) bond motifs is 6. The van der Waals surface area contributed by atoms with Crippen LogP contribution >= 0.6 is 0 Å². The minimum absolute atomic E-state index is 0.00292. The van der Waals surface area contributed by atoms with Crippen molar-refractivity contribution < 1.29 is 63.1 Å². The van der Waals surface area contributed by atoms with Crippen LogP contribution in [0.4, 0.5) is 0 Å². The van der Waals surface area contributed by atoms with Gasteiger partial charge in [-0.2, -0.15) is 0 Å². The third-order valence-corrected chi connectivity index (χ3v) is 10.5. The van der Waals surface area contributed by atoms with Crippen LogP contribution < -0.4 is 0 Å². The normalized spacial score (nSPS) is 30.6. The molecule has 0 saturated heterocycles. The molecule has 2 amide bonds. The molecule has 3 saturated carbocycles. The van der Waals surface area contributed by atoms with Gasteiger partial charge in [-0.25, -0.2) is 9.59 Å². The molecule has 0 spiro atoms. The highest BCUT2D eigenvalue weighted by atomic mass is 16.6. The highest BCUT2D eigenvalue weighted by molar-refractivity contribution is 6.12. The number of allylic oxidation sites excluding steroid dienone is 6. The molecule has 6 aliphatic carbocycles. The molecule has 3 fully saturated rings. The summed E-state index contributed by atoms with van der Waals surface area (Å²) >= 11 is 0. The summed E-state index contributed by atoms with van der Waals surface area (Å²) in [5.74, 6) is 0.633. The fourth-order valence-electron chi connectivity index (χ4n) is 7.98. The minimum Gasteiger partial charge on any atom is -0.481 e. The number of hydrogen-bond donors (Lipinski definition) is 3. The van der Waals surface area contributed by atoms with Gasteiger partial charge in [0.15, 0.2) is 0 Å². The number of carboxylic acids is 1. The molecule has 0 aromatic heterocycles. The van der Waals surface area contributed by atoms with E-state index >= 15 is 0 Å². The maximum atomic E-state index is 11.8. The van der Waals surface area contributed by atoms with Crippen LogP contribution in [0, 0.1) is 53.3 Å². The van der Waals surface area contributed by atoms with Gasteiger partial charge in [-0.3, -0.25) is 28.9 Å². The predicted molar refractivity (Wildman–Crippen MR) is 196 cm³/mol. The number of cyclic esters (lactones) is 2. The van der Waals surface area contributed by atoms with Crippen molar-refractivity contribution in [1.29, 1.82) is 0 Å². The van der Waals surface area contributed by atoms with Crippen LogP contribution in [0.5, 0.6) is 0 Å². The first-order valence-electron chi connectivity index (χ1n) is 18.9. The Balaban J connectivity index is 0.000000155. The maximum Gasteiger partial charge on any atom is 0.338 e. The molecule has 2 aliphatic heterocycles. The summed E-state index contributed by atoms with van der Waals surface area (Å²) < 4.78 is 14.3. The average Bonchev–Trinajstić information content (AvgIpc) is 4.01. The first kappa shape index (κ1) is 43.0. The third-order valence-electron chi connectivity index (χ3n) is 10.5. The molecule has 8 aliphatic rings. The molecule has 0 aromatic rings. The monoisotopic (exact) mass is 767 g/mol. The van der Waals surface area contributed by atoms with Crippen molar-refractivity contribution in [3.63, 3.8) is 0 Å². The van der Waals surface area contributed by atoms with Crippen molar-refractivity contribution in [2.75, 3.05) is 26.4 Å². The Hall–Kier alpha value is -4.69. The fourth-order valence-corrected chi connectivity index (χ4v) is 7.98. The predicted octanol–water partition coefficient (Wildman–Crippen LogP) is 3.48. The van der Waals surface area contributed by atoms with E-state index in [1.54, 1.807) is 0 Å². The number of imide groups is 1. The number of nitrogens with zero attached hydrogens (tertiary/aromatic N) is 1. The molecule has 6 bridgehead atoms. The molecular weight excluding hydrogens is 714 g/mol. The number of carbonyl (C=O) groups excluding carboxylic acids is 6. The number of rotatable bonds is 8. The number of aliphatic carboxylic acids is 1. The summed E-state index contributed by atoms with van der Waals surface area (Å²) in [5.41, 5.74) is -0.345. The van der Waals surface area contributed by atoms with E-state index in [1.807, 2.05) is 20.8 Å². The summed E-state index contributed by atoms with van der Waals surface area (Å²) in [6.07, 6.45) is 24.2. The van der Waals surface area contributed by atoms with Gasteiger partial charge >= 0.3 is 29.8 Å². The highest BCUT2D eigenvalue weighted by Gasteiger charge is 2.42. The molecule has 2 heterocycles. The van der Waals surface area contributed by atoms with Crippen LogP contribution in [-0.4, -0.2) is 93.8 Å². The standard InChI is InChI=1S/C12H18O2.C10H14O3.C8H10O2.C7H9NO3.C4H2O3/c1-12(2,3)14-11(13)10-7-8-4-5-9(10)6-8;11-3-4-13-10(12)9-6-7-1-2-8(9)5-7;9-8(10)7-4-5-1-2-6(7)3-5;9-5-1-4-8-6(10)2-3-7(8)11;5-3-1-2-4(6)7-3/h4-5,8-10H,6-7H2,1-3H3;1-2,7-9,11H,3-6H2;1-2,5-7H,3-4H2,(H,9,10);2-3,9H,1,4-5H2;1-2H. The van der Waals surface area contributed by atoms with E-state index in [4.69, 9.17) is 24.8 Å². The van der Waals surface area contributed by atoms with Gasteiger partial charge in [0.05, 0.1) is 24.4 Å². The second kappa shape index (κ2) is 19.8.